The Labute approximate surface area is 127 Å². The first-order valence-electron chi connectivity index (χ1n) is 7.54. The highest BCUT2D eigenvalue weighted by atomic mass is 16.5. The lowest BCUT2D eigenvalue weighted by molar-refractivity contribution is -0.122. The quantitative estimate of drug-likeness (QED) is 0.648. The number of rotatable bonds is 10. The summed E-state index contributed by atoms with van der Waals surface area (Å²) in [5, 5.41) is 5.99. The van der Waals surface area contributed by atoms with Gasteiger partial charge in [-0.3, -0.25) is 4.79 Å². The van der Waals surface area contributed by atoms with E-state index in [1.54, 1.807) is 0 Å². The van der Waals surface area contributed by atoms with E-state index in [4.69, 9.17) is 9.47 Å². The summed E-state index contributed by atoms with van der Waals surface area (Å²) < 4.78 is 11.2. The second-order valence-corrected chi connectivity index (χ2v) is 4.70. The number of hydrogen-bond acceptors (Lipinski definition) is 4. The van der Waals surface area contributed by atoms with Gasteiger partial charge in [0.1, 0.15) is 6.61 Å². The van der Waals surface area contributed by atoms with Crippen LogP contribution >= 0.6 is 0 Å². The summed E-state index contributed by atoms with van der Waals surface area (Å²) in [5.74, 6) is 1.49. The molecule has 1 unspecified atom stereocenters. The Bertz CT molecular complexity index is 424. The minimum absolute atomic E-state index is 0.0200. The van der Waals surface area contributed by atoms with Crippen molar-refractivity contribution in [2.75, 3.05) is 26.3 Å². The van der Waals surface area contributed by atoms with E-state index in [2.05, 4.69) is 10.6 Å². The van der Waals surface area contributed by atoms with Crippen LogP contribution < -0.4 is 20.1 Å². The zero-order valence-corrected chi connectivity index (χ0v) is 13.1. The van der Waals surface area contributed by atoms with Gasteiger partial charge < -0.3 is 20.1 Å². The summed E-state index contributed by atoms with van der Waals surface area (Å²) in [7, 11) is 0. The fourth-order valence-electron chi connectivity index (χ4n) is 1.77. The van der Waals surface area contributed by atoms with Crippen LogP contribution in [0.3, 0.4) is 0 Å². The zero-order valence-electron chi connectivity index (χ0n) is 13.1. The second-order valence-electron chi connectivity index (χ2n) is 4.70. The topological polar surface area (TPSA) is 59.6 Å². The minimum Gasteiger partial charge on any atom is -0.490 e. The molecule has 0 aliphatic rings. The molecule has 1 atom stereocenters. The van der Waals surface area contributed by atoms with Crippen LogP contribution in [0, 0.1) is 0 Å². The number of amides is 1. The van der Waals surface area contributed by atoms with E-state index in [9.17, 15) is 4.79 Å². The first-order chi connectivity index (χ1) is 10.2. The summed E-state index contributed by atoms with van der Waals surface area (Å²) in [6.45, 7) is 8.21. The van der Waals surface area contributed by atoms with Crippen LogP contribution in [-0.2, 0) is 4.79 Å². The smallest absolute Gasteiger partial charge is 0.236 e. The Morgan fingerprint density at radius 3 is 2.43 bits per heavy atom. The van der Waals surface area contributed by atoms with Gasteiger partial charge in [-0.1, -0.05) is 19.1 Å². The van der Waals surface area contributed by atoms with E-state index in [0.717, 1.165) is 17.9 Å². The normalized spacial score (nSPS) is 11.8. The summed E-state index contributed by atoms with van der Waals surface area (Å²) in [6, 6.07) is 7.36. The SMILES string of the molecule is CCCNC(=O)C(C)NCCOc1ccccc1OCC. The number of carbonyl (C=O) groups excluding carboxylic acids is 1. The van der Waals surface area contributed by atoms with Gasteiger partial charge in [0.2, 0.25) is 5.91 Å². The number of ether oxygens (including phenoxy) is 2. The molecule has 0 radical (unpaired) electrons. The largest absolute Gasteiger partial charge is 0.490 e. The molecule has 0 heterocycles. The number of hydrogen-bond donors (Lipinski definition) is 2. The third kappa shape index (κ3) is 6.49. The molecule has 0 bridgehead atoms. The maximum absolute atomic E-state index is 11.7. The van der Waals surface area contributed by atoms with Gasteiger partial charge in [-0.05, 0) is 32.4 Å². The van der Waals surface area contributed by atoms with Crippen molar-refractivity contribution >= 4 is 5.91 Å². The first kappa shape index (κ1) is 17.3. The Hall–Kier alpha value is -1.75. The third-order valence-electron chi connectivity index (χ3n) is 2.90. The van der Waals surface area contributed by atoms with Gasteiger partial charge >= 0.3 is 0 Å². The van der Waals surface area contributed by atoms with Gasteiger partial charge in [-0.2, -0.15) is 0 Å². The fraction of sp³-hybridized carbons (Fsp3) is 0.562. The molecule has 0 fully saturated rings. The standard InChI is InChI=1S/C16H26N2O3/c1-4-10-18-16(19)13(3)17-11-12-21-15-9-7-6-8-14(15)20-5-2/h6-9,13,17H,4-5,10-12H2,1-3H3,(H,18,19). The molecule has 1 amide bonds. The van der Waals surface area contributed by atoms with Gasteiger partial charge in [-0.15, -0.1) is 0 Å². The first-order valence-corrected chi connectivity index (χ1v) is 7.54. The Morgan fingerprint density at radius 2 is 1.81 bits per heavy atom. The number of nitrogens with one attached hydrogen (secondary N) is 2. The van der Waals surface area contributed by atoms with Crippen LogP contribution in [0.1, 0.15) is 27.2 Å². The molecule has 118 valence electrons. The molecule has 0 aliphatic carbocycles. The van der Waals surface area contributed by atoms with Crippen molar-refractivity contribution in [1.82, 2.24) is 10.6 Å². The molecule has 0 aliphatic heterocycles. The van der Waals surface area contributed by atoms with Crippen molar-refractivity contribution in [2.24, 2.45) is 0 Å². The van der Waals surface area contributed by atoms with Crippen molar-refractivity contribution in [3.8, 4) is 11.5 Å². The van der Waals surface area contributed by atoms with Gasteiger partial charge in [-0.25, -0.2) is 0 Å². The predicted molar refractivity (Wildman–Crippen MR) is 83.9 cm³/mol. The van der Waals surface area contributed by atoms with Crippen LogP contribution in [0.25, 0.3) is 0 Å². The van der Waals surface area contributed by atoms with Crippen molar-refractivity contribution in [3.63, 3.8) is 0 Å². The van der Waals surface area contributed by atoms with E-state index in [1.807, 2.05) is 45.0 Å². The highest BCUT2D eigenvalue weighted by Crippen LogP contribution is 2.25. The van der Waals surface area contributed by atoms with E-state index in [-0.39, 0.29) is 11.9 Å². The number of para-hydroxylation sites is 2. The lowest BCUT2D eigenvalue weighted by Crippen LogP contribution is -2.43. The van der Waals surface area contributed by atoms with E-state index < -0.39 is 0 Å². The molecule has 1 aromatic carbocycles. The molecule has 5 heteroatoms. The lowest BCUT2D eigenvalue weighted by atomic mass is 10.3. The monoisotopic (exact) mass is 294 g/mol. The highest BCUT2D eigenvalue weighted by Gasteiger charge is 2.10. The van der Waals surface area contributed by atoms with Crippen LogP contribution in [0.15, 0.2) is 24.3 Å². The second kappa shape index (κ2) is 10.0. The molecule has 1 aromatic rings. The van der Waals surface area contributed by atoms with Crippen LogP contribution in [0.4, 0.5) is 0 Å². The van der Waals surface area contributed by atoms with Gasteiger partial charge in [0.05, 0.1) is 12.6 Å². The maximum Gasteiger partial charge on any atom is 0.236 e. The van der Waals surface area contributed by atoms with Crippen molar-refractivity contribution in [2.45, 2.75) is 33.2 Å². The van der Waals surface area contributed by atoms with Crippen molar-refractivity contribution < 1.29 is 14.3 Å². The van der Waals surface area contributed by atoms with Gasteiger partial charge in [0.25, 0.3) is 0 Å². The van der Waals surface area contributed by atoms with Gasteiger partial charge in [0, 0.05) is 13.1 Å². The fourth-order valence-corrected chi connectivity index (χ4v) is 1.77. The van der Waals surface area contributed by atoms with E-state index >= 15 is 0 Å². The molecule has 0 spiro atoms. The minimum atomic E-state index is -0.220. The van der Waals surface area contributed by atoms with E-state index in [0.29, 0.717) is 26.3 Å². The summed E-state index contributed by atoms with van der Waals surface area (Å²) in [6.07, 6.45) is 0.940. The third-order valence-corrected chi connectivity index (χ3v) is 2.90. The molecule has 0 saturated heterocycles. The summed E-state index contributed by atoms with van der Waals surface area (Å²) in [4.78, 5) is 11.7. The molecule has 1 rings (SSSR count). The predicted octanol–water partition coefficient (Wildman–Crippen LogP) is 1.97. The van der Waals surface area contributed by atoms with Crippen molar-refractivity contribution in [3.05, 3.63) is 24.3 Å². The lowest BCUT2D eigenvalue weighted by Gasteiger charge is -2.15. The van der Waals surface area contributed by atoms with Crippen molar-refractivity contribution in [1.29, 1.82) is 0 Å². The molecule has 2 N–H and O–H groups in total. The average molecular weight is 294 g/mol. The number of benzene rings is 1. The van der Waals surface area contributed by atoms with Gasteiger partial charge in [0.15, 0.2) is 11.5 Å². The van der Waals surface area contributed by atoms with Crippen LogP contribution in [0.5, 0.6) is 11.5 Å². The summed E-state index contributed by atoms with van der Waals surface area (Å²) >= 11 is 0. The average Bonchev–Trinajstić information content (AvgIpc) is 2.50. The summed E-state index contributed by atoms with van der Waals surface area (Å²) in [5.41, 5.74) is 0. The Balaban J connectivity index is 2.29. The molecule has 5 nitrogen and oxygen atoms in total. The highest BCUT2D eigenvalue weighted by molar-refractivity contribution is 5.81. The van der Waals surface area contributed by atoms with Crippen LogP contribution in [0.2, 0.25) is 0 Å². The molecular formula is C16H26N2O3. The number of carbonyl (C=O) groups is 1. The molecular weight excluding hydrogens is 268 g/mol. The maximum atomic E-state index is 11.7. The Kier molecular flexibility index (Phi) is 8.28. The van der Waals surface area contributed by atoms with E-state index in [1.165, 1.54) is 0 Å². The molecule has 0 saturated carbocycles. The molecule has 21 heavy (non-hydrogen) atoms. The van der Waals surface area contributed by atoms with Crippen LogP contribution in [-0.4, -0.2) is 38.3 Å². The zero-order chi connectivity index (χ0) is 15.5. The Morgan fingerprint density at radius 1 is 1.14 bits per heavy atom. The molecule has 0 aromatic heterocycles.